The fourth-order valence-corrected chi connectivity index (χ4v) is 4.99. The van der Waals surface area contributed by atoms with Crippen LogP contribution in [0.1, 0.15) is 5.56 Å². The number of thiazole rings is 1. The van der Waals surface area contributed by atoms with E-state index in [-0.39, 0.29) is 4.90 Å². The number of benzene rings is 2. The molecule has 0 radical (unpaired) electrons. The summed E-state index contributed by atoms with van der Waals surface area (Å²) in [7, 11) is -3.89. The summed E-state index contributed by atoms with van der Waals surface area (Å²) in [5.41, 5.74) is 2.11. The van der Waals surface area contributed by atoms with Crippen LogP contribution in [0.5, 0.6) is 0 Å². The summed E-state index contributed by atoms with van der Waals surface area (Å²) in [6, 6.07) is 12.2. The number of aromatic nitrogens is 2. The second-order valence-electron chi connectivity index (χ2n) is 5.65. The van der Waals surface area contributed by atoms with Crippen molar-refractivity contribution in [3.8, 4) is 10.7 Å². The van der Waals surface area contributed by atoms with Crippen LogP contribution < -0.4 is 0 Å². The fraction of sp³-hybridized carbons (Fsp3) is 0.0556. The van der Waals surface area contributed by atoms with Gasteiger partial charge in [-0.1, -0.05) is 11.6 Å². The molecular formula is C18H13FN2O2S2. The van der Waals surface area contributed by atoms with E-state index in [0.29, 0.717) is 16.2 Å². The summed E-state index contributed by atoms with van der Waals surface area (Å²) < 4.78 is 41.0. The van der Waals surface area contributed by atoms with E-state index >= 15 is 0 Å². The molecule has 4 nitrogen and oxygen atoms in total. The lowest BCUT2D eigenvalue weighted by atomic mass is 10.2. The zero-order chi connectivity index (χ0) is 17.6. The molecule has 0 N–H and O–H groups in total. The average Bonchev–Trinajstić information content (AvgIpc) is 3.22. The summed E-state index contributed by atoms with van der Waals surface area (Å²) in [5.74, 6) is -0.480. The molecule has 0 unspecified atom stereocenters. The van der Waals surface area contributed by atoms with Gasteiger partial charge in [0.15, 0.2) is 0 Å². The number of fused-ring (bicyclic) bond motifs is 1. The average molecular weight is 372 g/mol. The van der Waals surface area contributed by atoms with Gasteiger partial charge in [-0.3, -0.25) is 0 Å². The number of hydrogen-bond acceptors (Lipinski definition) is 4. The normalized spacial score (nSPS) is 11.9. The Hall–Kier alpha value is -2.51. The standard InChI is InChI=1S/C18H13FN2O2S2/c1-12-2-7-16-13(10-12)11-17(18-20-8-9-24-18)21(16)25(22,23)15-5-3-14(19)4-6-15/h2-11H,1H3. The molecule has 0 fully saturated rings. The van der Waals surface area contributed by atoms with Gasteiger partial charge in [0.2, 0.25) is 0 Å². The number of halogens is 1. The van der Waals surface area contributed by atoms with E-state index < -0.39 is 15.8 Å². The summed E-state index contributed by atoms with van der Waals surface area (Å²) in [5, 5.41) is 3.23. The lowest BCUT2D eigenvalue weighted by Crippen LogP contribution is -2.14. The van der Waals surface area contributed by atoms with Crippen molar-refractivity contribution >= 4 is 32.3 Å². The molecular weight excluding hydrogens is 359 g/mol. The van der Waals surface area contributed by atoms with E-state index in [0.717, 1.165) is 23.1 Å². The Bertz CT molecular complexity index is 1160. The first-order valence-electron chi connectivity index (χ1n) is 7.50. The molecule has 0 amide bonds. The monoisotopic (exact) mass is 372 g/mol. The van der Waals surface area contributed by atoms with Gasteiger partial charge in [-0.15, -0.1) is 11.3 Å². The van der Waals surface area contributed by atoms with Gasteiger partial charge in [0, 0.05) is 17.0 Å². The van der Waals surface area contributed by atoms with Crippen molar-refractivity contribution < 1.29 is 12.8 Å². The quantitative estimate of drug-likeness (QED) is 0.534. The van der Waals surface area contributed by atoms with Crippen LogP contribution in [0.15, 0.2) is 65.0 Å². The predicted octanol–water partition coefficient (Wildman–Crippen LogP) is 4.45. The molecule has 0 aliphatic rings. The zero-order valence-electron chi connectivity index (χ0n) is 13.2. The lowest BCUT2D eigenvalue weighted by Gasteiger charge is -2.11. The molecule has 7 heteroatoms. The largest absolute Gasteiger partial charge is 0.268 e. The predicted molar refractivity (Wildman–Crippen MR) is 96.8 cm³/mol. The summed E-state index contributed by atoms with van der Waals surface area (Å²) in [6.07, 6.45) is 1.64. The van der Waals surface area contributed by atoms with Crippen molar-refractivity contribution in [2.24, 2.45) is 0 Å². The molecule has 0 bridgehead atoms. The van der Waals surface area contributed by atoms with E-state index in [9.17, 15) is 12.8 Å². The van der Waals surface area contributed by atoms with Crippen LogP contribution in [-0.2, 0) is 10.0 Å². The molecule has 2 heterocycles. The van der Waals surface area contributed by atoms with Crippen molar-refractivity contribution in [3.63, 3.8) is 0 Å². The summed E-state index contributed by atoms with van der Waals surface area (Å²) >= 11 is 1.37. The smallest absolute Gasteiger partial charge is 0.243 e. The van der Waals surface area contributed by atoms with Gasteiger partial charge in [-0.05, 0) is 49.4 Å². The van der Waals surface area contributed by atoms with E-state index in [1.54, 1.807) is 17.6 Å². The third-order valence-corrected chi connectivity index (χ3v) is 6.45. The maximum Gasteiger partial charge on any atom is 0.268 e. The minimum absolute atomic E-state index is 0.0322. The highest BCUT2D eigenvalue weighted by molar-refractivity contribution is 7.90. The maximum absolute atomic E-state index is 13.2. The van der Waals surface area contributed by atoms with Crippen LogP contribution >= 0.6 is 11.3 Å². The summed E-state index contributed by atoms with van der Waals surface area (Å²) in [4.78, 5) is 4.29. The third kappa shape index (κ3) is 2.65. The summed E-state index contributed by atoms with van der Waals surface area (Å²) in [6.45, 7) is 1.95. The Balaban J connectivity index is 2.05. The Morgan fingerprint density at radius 3 is 2.52 bits per heavy atom. The maximum atomic E-state index is 13.2. The Morgan fingerprint density at radius 1 is 1.08 bits per heavy atom. The van der Waals surface area contributed by atoms with Crippen LogP contribution in [0, 0.1) is 12.7 Å². The Morgan fingerprint density at radius 2 is 1.84 bits per heavy atom. The van der Waals surface area contributed by atoms with Crippen molar-refractivity contribution in [3.05, 3.63) is 71.5 Å². The van der Waals surface area contributed by atoms with Crippen molar-refractivity contribution in [1.29, 1.82) is 0 Å². The minimum Gasteiger partial charge on any atom is -0.243 e. The molecule has 0 spiro atoms. The number of hydrogen-bond donors (Lipinski definition) is 0. The number of rotatable bonds is 3. The van der Waals surface area contributed by atoms with E-state index in [2.05, 4.69) is 4.98 Å². The Kier molecular flexibility index (Phi) is 3.70. The second kappa shape index (κ2) is 5.79. The highest BCUT2D eigenvalue weighted by atomic mass is 32.2. The van der Waals surface area contributed by atoms with Gasteiger partial charge in [0.1, 0.15) is 10.8 Å². The molecule has 0 saturated heterocycles. The van der Waals surface area contributed by atoms with E-state index in [4.69, 9.17) is 0 Å². The molecule has 0 saturated carbocycles. The second-order valence-corrected chi connectivity index (χ2v) is 8.33. The first kappa shape index (κ1) is 16.0. The van der Waals surface area contributed by atoms with Gasteiger partial charge >= 0.3 is 0 Å². The van der Waals surface area contributed by atoms with Crippen LogP contribution in [0.2, 0.25) is 0 Å². The van der Waals surface area contributed by atoms with Gasteiger partial charge in [0.25, 0.3) is 10.0 Å². The number of nitrogens with zero attached hydrogens (tertiary/aromatic N) is 2. The van der Waals surface area contributed by atoms with Gasteiger partial charge < -0.3 is 0 Å². The highest BCUT2D eigenvalue weighted by Gasteiger charge is 2.25. The van der Waals surface area contributed by atoms with Crippen molar-refractivity contribution in [2.45, 2.75) is 11.8 Å². The fourth-order valence-electron chi connectivity index (χ4n) is 2.78. The Labute approximate surface area is 148 Å². The first-order valence-corrected chi connectivity index (χ1v) is 9.82. The van der Waals surface area contributed by atoms with Crippen LogP contribution in [0.25, 0.3) is 21.6 Å². The van der Waals surface area contributed by atoms with Crippen molar-refractivity contribution in [1.82, 2.24) is 8.96 Å². The topological polar surface area (TPSA) is 52.0 Å². The SMILES string of the molecule is Cc1ccc2c(c1)cc(-c1nccs1)n2S(=O)(=O)c1ccc(F)cc1. The van der Waals surface area contributed by atoms with Gasteiger partial charge in [0.05, 0.1) is 16.1 Å². The van der Waals surface area contributed by atoms with E-state index in [1.165, 1.54) is 27.4 Å². The first-order chi connectivity index (χ1) is 12.0. The molecule has 25 heavy (non-hydrogen) atoms. The molecule has 2 aromatic heterocycles. The lowest BCUT2D eigenvalue weighted by molar-refractivity contribution is 0.588. The zero-order valence-corrected chi connectivity index (χ0v) is 14.8. The minimum atomic E-state index is -3.89. The van der Waals surface area contributed by atoms with Crippen LogP contribution in [-0.4, -0.2) is 17.4 Å². The molecule has 2 aromatic carbocycles. The highest BCUT2D eigenvalue weighted by Crippen LogP contribution is 2.33. The molecule has 0 aliphatic heterocycles. The van der Waals surface area contributed by atoms with Crippen molar-refractivity contribution in [2.75, 3.05) is 0 Å². The number of aryl methyl sites for hydroxylation is 1. The van der Waals surface area contributed by atoms with Crippen LogP contribution in [0.4, 0.5) is 4.39 Å². The molecule has 126 valence electrons. The van der Waals surface area contributed by atoms with Gasteiger partial charge in [-0.25, -0.2) is 21.8 Å². The molecule has 0 atom stereocenters. The van der Waals surface area contributed by atoms with Crippen LogP contribution in [0.3, 0.4) is 0 Å². The van der Waals surface area contributed by atoms with Gasteiger partial charge in [-0.2, -0.15) is 0 Å². The molecule has 0 aliphatic carbocycles. The molecule has 4 rings (SSSR count). The molecule has 4 aromatic rings. The van der Waals surface area contributed by atoms with E-state index in [1.807, 2.05) is 25.1 Å². The third-order valence-electron chi connectivity index (χ3n) is 3.92.